The van der Waals surface area contributed by atoms with Gasteiger partial charge < -0.3 is 5.73 Å². The molecule has 0 aromatic heterocycles. The molecular weight excluding hydrogens is 398 g/mol. The molecule has 0 unspecified atom stereocenters. The van der Waals surface area contributed by atoms with E-state index in [2.05, 4.69) is 115 Å². The number of nitrogen functional groups attached to an aromatic ring is 1. The Kier molecular flexibility index (Phi) is 4.66. The summed E-state index contributed by atoms with van der Waals surface area (Å²) < 4.78 is 0. The van der Waals surface area contributed by atoms with Crippen LogP contribution in [0.25, 0.3) is 54.9 Å². The predicted molar refractivity (Wildman–Crippen MR) is 142 cm³/mol. The first-order valence-corrected chi connectivity index (χ1v) is 11.2. The third-order valence-corrected chi connectivity index (χ3v) is 6.40. The summed E-state index contributed by atoms with van der Waals surface area (Å²) >= 11 is 0. The lowest BCUT2D eigenvalue weighted by molar-refractivity contribution is 1.56. The molecule has 156 valence electrons. The molecule has 0 spiro atoms. The van der Waals surface area contributed by atoms with Crippen LogP contribution in [0, 0.1) is 0 Å². The van der Waals surface area contributed by atoms with Gasteiger partial charge in [-0.2, -0.15) is 0 Å². The maximum absolute atomic E-state index is 6.62. The van der Waals surface area contributed by atoms with Crippen LogP contribution in [0.4, 0.5) is 5.69 Å². The van der Waals surface area contributed by atoms with Crippen LogP contribution in [0.15, 0.2) is 127 Å². The van der Waals surface area contributed by atoms with Crippen LogP contribution >= 0.6 is 0 Å². The van der Waals surface area contributed by atoms with Crippen LogP contribution in [0.3, 0.4) is 0 Å². The van der Waals surface area contributed by atoms with Gasteiger partial charge in [-0.25, -0.2) is 0 Å². The molecule has 0 saturated carbocycles. The number of nitrogens with two attached hydrogens (primary N) is 1. The smallest absolute Gasteiger partial charge is 0.0400 e. The highest BCUT2D eigenvalue weighted by atomic mass is 14.6. The molecule has 33 heavy (non-hydrogen) atoms. The Balaban J connectivity index is 1.72. The van der Waals surface area contributed by atoms with Crippen molar-refractivity contribution in [3.8, 4) is 33.4 Å². The molecule has 6 rings (SSSR count). The first-order chi connectivity index (χ1) is 16.3. The van der Waals surface area contributed by atoms with E-state index in [1.165, 1.54) is 38.2 Å². The monoisotopic (exact) mass is 421 g/mol. The molecule has 0 aliphatic carbocycles. The molecule has 0 aliphatic rings. The quantitative estimate of drug-likeness (QED) is 0.225. The minimum absolute atomic E-state index is 0.787. The number of benzene rings is 6. The Morgan fingerprint density at radius 3 is 1.67 bits per heavy atom. The lowest BCUT2D eigenvalue weighted by atomic mass is 9.85. The van der Waals surface area contributed by atoms with Gasteiger partial charge >= 0.3 is 0 Å². The van der Waals surface area contributed by atoms with Gasteiger partial charge in [-0.15, -0.1) is 0 Å². The number of hydrogen-bond donors (Lipinski definition) is 1. The zero-order valence-electron chi connectivity index (χ0n) is 18.2. The summed E-state index contributed by atoms with van der Waals surface area (Å²) in [6, 6.07) is 45.0. The topological polar surface area (TPSA) is 26.0 Å². The van der Waals surface area contributed by atoms with E-state index < -0.39 is 0 Å². The number of fused-ring (bicyclic) bond motifs is 2. The fourth-order valence-corrected chi connectivity index (χ4v) is 4.87. The average molecular weight is 422 g/mol. The first kappa shape index (κ1) is 19.3. The molecule has 1 nitrogen and oxygen atoms in total. The standard InChI is InChI=1S/C32H23N/c33-30-19-18-28(27-17-9-16-26-20-24-14-7-8-15-25(24)21-29(26)27)31(22-10-3-1-4-11-22)32(30)23-12-5-2-6-13-23/h1-21H,33H2. The first-order valence-electron chi connectivity index (χ1n) is 11.2. The van der Waals surface area contributed by atoms with Crippen LogP contribution in [-0.2, 0) is 0 Å². The summed E-state index contributed by atoms with van der Waals surface area (Å²) in [5.41, 5.74) is 14.4. The summed E-state index contributed by atoms with van der Waals surface area (Å²) in [5.74, 6) is 0. The molecule has 0 aliphatic heterocycles. The molecule has 2 N–H and O–H groups in total. The zero-order chi connectivity index (χ0) is 22.2. The third-order valence-electron chi connectivity index (χ3n) is 6.40. The molecule has 6 aromatic rings. The summed E-state index contributed by atoms with van der Waals surface area (Å²) in [6.07, 6.45) is 0. The molecule has 0 atom stereocenters. The van der Waals surface area contributed by atoms with Gasteiger partial charge in [0.15, 0.2) is 0 Å². The van der Waals surface area contributed by atoms with E-state index in [9.17, 15) is 0 Å². The van der Waals surface area contributed by atoms with Gasteiger partial charge in [-0.05, 0) is 67.6 Å². The Morgan fingerprint density at radius 2 is 0.970 bits per heavy atom. The van der Waals surface area contributed by atoms with Crippen LogP contribution in [0.5, 0.6) is 0 Å². The van der Waals surface area contributed by atoms with Crippen molar-refractivity contribution < 1.29 is 0 Å². The molecule has 0 amide bonds. The molecule has 0 heterocycles. The Morgan fingerprint density at radius 1 is 0.394 bits per heavy atom. The minimum Gasteiger partial charge on any atom is -0.398 e. The Labute approximate surface area is 193 Å². The van der Waals surface area contributed by atoms with Crippen LogP contribution in [0.1, 0.15) is 0 Å². The number of anilines is 1. The minimum atomic E-state index is 0.787. The van der Waals surface area contributed by atoms with Crippen molar-refractivity contribution in [1.82, 2.24) is 0 Å². The van der Waals surface area contributed by atoms with Gasteiger partial charge in [0.25, 0.3) is 0 Å². The van der Waals surface area contributed by atoms with Gasteiger partial charge in [0.05, 0.1) is 0 Å². The molecule has 0 saturated heterocycles. The molecule has 6 aromatic carbocycles. The van der Waals surface area contributed by atoms with Gasteiger partial charge in [-0.1, -0.05) is 109 Å². The fourth-order valence-electron chi connectivity index (χ4n) is 4.87. The van der Waals surface area contributed by atoms with E-state index in [4.69, 9.17) is 5.73 Å². The van der Waals surface area contributed by atoms with E-state index in [0.717, 1.165) is 22.4 Å². The number of hydrogen-bond acceptors (Lipinski definition) is 1. The van der Waals surface area contributed by atoms with Crippen molar-refractivity contribution in [2.24, 2.45) is 0 Å². The fraction of sp³-hybridized carbons (Fsp3) is 0. The van der Waals surface area contributed by atoms with E-state index in [0.29, 0.717) is 0 Å². The second-order valence-electron chi connectivity index (χ2n) is 8.41. The highest BCUT2D eigenvalue weighted by Gasteiger charge is 2.18. The second kappa shape index (κ2) is 7.96. The SMILES string of the molecule is Nc1ccc(-c2cccc3cc4ccccc4cc23)c(-c2ccccc2)c1-c1ccccc1. The average Bonchev–Trinajstić information content (AvgIpc) is 2.88. The van der Waals surface area contributed by atoms with Gasteiger partial charge in [0.2, 0.25) is 0 Å². The molecule has 0 radical (unpaired) electrons. The van der Waals surface area contributed by atoms with Crippen molar-refractivity contribution in [3.05, 3.63) is 127 Å². The van der Waals surface area contributed by atoms with Crippen molar-refractivity contribution >= 4 is 27.2 Å². The normalized spacial score (nSPS) is 11.2. The Hall–Kier alpha value is -4.36. The lowest BCUT2D eigenvalue weighted by Gasteiger charge is -2.19. The highest BCUT2D eigenvalue weighted by Crippen LogP contribution is 2.45. The van der Waals surface area contributed by atoms with Gasteiger partial charge in [-0.3, -0.25) is 0 Å². The maximum Gasteiger partial charge on any atom is 0.0400 e. The van der Waals surface area contributed by atoms with Crippen LogP contribution in [-0.4, -0.2) is 0 Å². The molecule has 0 bridgehead atoms. The highest BCUT2D eigenvalue weighted by molar-refractivity contribution is 6.09. The molecule has 1 heteroatoms. The largest absolute Gasteiger partial charge is 0.398 e. The second-order valence-corrected chi connectivity index (χ2v) is 8.41. The zero-order valence-corrected chi connectivity index (χ0v) is 18.2. The van der Waals surface area contributed by atoms with Gasteiger partial charge in [0.1, 0.15) is 0 Å². The number of rotatable bonds is 3. The summed E-state index contributed by atoms with van der Waals surface area (Å²) in [4.78, 5) is 0. The van der Waals surface area contributed by atoms with Crippen LogP contribution in [0.2, 0.25) is 0 Å². The van der Waals surface area contributed by atoms with Gasteiger partial charge in [0, 0.05) is 11.3 Å². The lowest BCUT2D eigenvalue weighted by Crippen LogP contribution is -1.97. The van der Waals surface area contributed by atoms with Crippen molar-refractivity contribution in [1.29, 1.82) is 0 Å². The maximum atomic E-state index is 6.62. The Bertz CT molecular complexity index is 1600. The summed E-state index contributed by atoms with van der Waals surface area (Å²) in [7, 11) is 0. The molecule has 0 fully saturated rings. The van der Waals surface area contributed by atoms with E-state index >= 15 is 0 Å². The van der Waals surface area contributed by atoms with E-state index in [-0.39, 0.29) is 0 Å². The van der Waals surface area contributed by atoms with E-state index in [1.807, 2.05) is 12.1 Å². The van der Waals surface area contributed by atoms with Crippen molar-refractivity contribution in [2.75, 3.05) is 5.73 Å². The third kappa shape index (κ3) is 3.35. The predicted octanol–water partition coefficient (Wildman–Crippen LogP) is 8.58. The van der Waals surface area contributed by atoms with Crippen molar-refractivity contribution in [2.45, 2.75) is 0 Å². The van der Waals surface area contributed by atoms with Crippen molar-refractivity contribution in [3.63, 3.8) is 0 Å². The molecular formula is C32H23N. The summed E-state index contributed by atoms with van der Waals surface area (Å²) in [5, 5.41) is 4.99. The van der Waals surface area contributed by atoms with E-state index in [1.54, 1.807) is 0 Å². The van der Waals surface area contributed by atoms with Crippen LogP contribution < -0.4 is 5.73 Å². The summed E-state index contributed by atoms with van der Waals surface area (Å²) in [6.45, 7) is 0.